The first-order valence-corrected chi connectivity index (χ1v) is 14.6. The van der Waals surface area contributed by atoms with E-state index in [1.165, 1.54) is 5.56 Å². The van der Waals surface area contributed by atoms with E-state index in [1.54, 1.807) is 6.20 Å². The Morgan fingerprint density at radius 2 is 1.85 bits per heavy atom. The third kappa shape index (κ3) is 8.49. The maximum Gasteiger partial charge on any atom is 0.490 e. The predicted octanol–water partition coefficient (Wildman–Crippen LogP) is 6.07. The number of rotatable bonds is 10. The molecule has 0 fully saturated rings. The summed E-state index contributed by atoms with van der Waals surface area (Å²) in [6.07, 6.45) is -2.46. The van der Waals surface area contributed by atoms with Crippen LogP contribution < -0.4 is 31.2 Å². The number of halogens is 3. The zero-order valence-corrected chi connectivity index (χ0v) is 25.6. The number of anilines is 3. The number of nitrogens with two attached hydrogens (primary N) is 1. The van der Waals surface area contributed by atoms with Crippen LogP contribution in [0, 0.1) is 0 Å². The van der Waals surface area contributed by atoms with Crippen LogP contribution in [0.3, 0.4) is 0 Å². The van der Waals surface area contributed by atoms with E-state index in [4.69, 9.17) is 25.1 Å². The number of nitrogens with one attached hydrogen (secondary N) is 3. The molecule has 1 atom stereocenters. The summed E-state index contributed by atoms with van der Waals surface area (Å²) in [7, 11) is 0. The van der Waals surface area contributed by atoms with Gasteiger partial charge in [-0.1, -0.05) is 18.2 Å². The lowest BCUT2D eigenvalue weighted by Crippen LogP contribution is -2.33. The number of nitrogens with zero attached hydrogens (tertiary/aromatic N) is 1. The molecule has 5 rings (SSSR count). The molecule has 1 aliphatic rings. The maximum atomic E-state index is 13.8. The fourth-order valence-electron chi connectivity index (χ4n) is 4.95. The monoisotopic (exact) mass is 639 g/mol. The number of carboxylic acids is 1. The summed E-state index contributed by atoms with van der Waals surface area (Å²) in [6.45, 7) is 7.71. The summed E-state index contributed by atoms with van der Waals surface area (Å²) < 4.78 is 43.6. The van der Waals surface area contributed by atoms with Crippen LogP contribution in [0.2, 0.25) is 0 Å². The zero-order chi connectivity index (χ0) is 33.4. The van der Waals surface area contributed by atoms with Crippen LogP contribution in [-0.4, -0.2) is 47.4 Å². The fourth-order valence-corrected chi connectivity index (χ4v) is 4.95. The van der Waals surface area contributed by atoms with Crippen molar-refractivity contribution in [3.63, 3.8) is 0 Å². The largest absolute Gasteiger partial charge is 0.490 e. The normalized spacial score (nSPS) is 12.8. The molecular weight excluding hydrogens is 603 g/mol. The molecule has 0 saturated carbocycles. The molecule has 1 aliphatic heterocycles. The Labute approximate surface area is 264 Å². The maximum absolute atomic E-state index is 13.8. The molecule has 0 aliphatic carbocycles. The Kier molecular flexibility index (Phi) is 10.8. The lowest BCUT2D eigenvalue weighted by Gasteiger charge is -2.23. The van der Waals surface area contributed by atoms with Gasteiger partial charge in [0.25, 0.3) is 0 Å². The third-order valence-electron chi connectivity index (χ3n) is 6.99. The summed E-state index contributed by atoms with van der Waals surface area (Å²) in [5.41, 5.74) is 11.1. The first kappa shape index (κ1) is 33.7. The Hall–Kier alpha value is -5.20. The van der Waals surface area contributed by atoms with E-state index < -0.39 is 18.2 Å². The standard InChI is InChI=1S/C31H35N5O3.C2HF3O2/c1-4-38-28-17-21(8-11-27(28)39-19(2)3)29(36-23-9-10-25-20(16-23)12-14-34-30(25)32)31(37)35-18-22-6-5-7-26-24(22)13-15-33-26;3-2(4,5)1(6)7/h5-12,14,16-17,19,29,33,36H,4,13,15,18H2,1-3H3,(H2,32,34)(H,35,37);(H,6,7). The minimum absolute atomic E-state index is 0.00565. The summed E-state index contributed by atoms with van der Waals surface area (Å²) in [4.78, 5) is 26.8. The molecule has 6 N–H and O–H groups in total. The number of alkyl halides is 3. The number of aliphatic carboxylic acids is 1. The van der Waals surface area contributed by atoms with Gasteiger partial charge in [0.2, 0.25) is 5.91 Å². The van der Waals surface area contributed by atoms with Gasteiger partial charge in [-0.25, -0.2) is 9.78 Å². The Morgan fingerprint density at radius 1 is 1.09 bits per heavy atom. The number of fused-ring (bicyclic) bond motifs is 2. The number of ether oxygens (including phenoxy) is 2. The van der Waals surface area contributed by atoms with E-state index in [2.05, 4.69) is 33.1 Å². The summed E-state index contributed by atoms with van der Waals surface area (Å²) in [5.74, 6) is -1.18. The van der Waals surface area contributed by atoms with Crippen LogP contribution in [0.5, 0.6) is 11.5 Å². The summed E-state index contributed by atoms with van der Waals surface area (Å²) in [6, 6.07) is 18.9. The molecular formula is C33H36F3N5O5. The fraction of sp³-hybridized carbons (Fsp3) is 0.303. The first-order valence-electron chi connectivity index (χ1n) is 14.6. The number of hydrogen-bond acceptors (Lipinski definition) is 8. The van der Waals surface area contributed by atoms with Crippen molar-refractivity contribution in [2.24, 2.45) is 0 Å². The van der Waals surface area contributed by atoms with Gasteiger partial charge in [-0.05, 0) is 91.7 Å². The van der Waals surface area contributed by atoms with Crippen LogP contribution in [-0.2, 0) is 22.6 Å². The van der Waals surface area contributed by atoms with Gasteiger partial charge in [-0.3, -0.25) is 4.79 Å². The molecule has 46 heavy (non-hydrogen) atoms. The van der Waals surface area contributed by atoms with Crippen molar-refractivity contribution in [2.45, 2.75) is 52.1 Å². The quantitative estimate of drug-likeness (QED) is 0.139. The van der Waals surface area contributed by atoms with E-state index in [9.17, 15) is 18.0 Å². The number of aromatic nitrogens is 1. The average Bonchev–Trinajstić information content (AvgIpc) is 3.49. The van der Waals surface area contributed by atoms with Gasteiger partial charge in [-0.15, -0.1) is 0 Å². The van der Waals surface area contributed by atoms with Crippen LogP contribution >= 0.6 is 0 Å². The Balaban J connectivity index is 0.000000617. The highest BCUT2D eigenvalue weighted by Gasteiger charge is 2.38. The van der Waals surface area contributed by atoms with E-state index in [1.807, 2.05) is 69.3 Å². The molecule has 4 aromatic rings. The number of hydrogen-bond donors (Lipinski definition) is 5. The summed E-state index contributed by atoms with van der Waals surface area (Å²) in [5, 5.41) is 18.9. The molecule has 1 aromatic heterocycles. The van der Waals surface area contributed by atoms with Gasteiger partial charge in [0, 0.05) is 36.0 Å². The van der Waals surface area contributed by atoms with Crippen molar-refractivity contribution >= 4 is 39.8 Å². The van der Waals surface area contributed by atoms with Crippen LogP contribution in [0.1, 0.15) is 43.5 Å². The van der Waals surface area contributed by atoms with Crippen molar-refractivity contribution < 1.29 is 37.3 Å². The lowest BCUT2D eigenvalue weighted by molar-refractivity contribution is -0.192. The number of carboxylic acid groups (broad SMARTS) is 1. The second-order valence-corrected chi connectivity index (χ2v) is 10.7. The van der Waals surface area contributed by atoms with Gasteiger partial charge >= 0.3 is 12.1 Å². The highest BCUT2D eigenvalue weighted by atomic mass is 19.4. The molecule has 13 heteroatoms. The van der Waals surface area contributed by atoms with Crippen molar-refractivity contribution in [3.8, 4) is 11.5 Å². The molecule has 10 nitrogen and oxygen atoms in total. The molecule has 244 valence electrons. The van der Waals surface area contributed by atoms with Crippen molar-refractivity contribution in [3.05, 3.63) is 83.6 Å². The van der Waals surface area contributed by atoms with E-state index in [0.717, 1.165) is 46.2 Å². The van der Waals surface area contributed by atoms with Crippen LogP contribution in [0.25, 0.3) is 10.8 Å². The van der Waals surface area contributed by atoms with Gasteiger partial charge in [0.15, 0.2) is 11.5 Å². The van der Waals surface area contributed by atoms with E-state index in [0.29, 0.717) is 30.5 Å². The number of carbonyl (C=O) groups excluding carboxylic acids is 1. The number of nitrogen functional groups attached to an aromatic ring is 1. The Bertz CT molecular complexity index is 1700. The van der Waals surface area contributed by atoms with Crippen LogP contribution in [0.4, 0.5) is 30.4 Å². The molecule has 0 spiro atoms. The topological polar surface area (TPSA) is 148 Å². The number of pyridine rings is 1. The summed E-state index contributed by atoms with van der Waals surface area (Å²) >= 11 is 0. The van der Waals surface area contributed by atoms with Crippen molar-refractivity contribution in [2.75, 3.05) is 29.5 Å². The van der Waals surface area contributed by atoms with Gasteiger partial charge in [0.1, 0.15) is 11.9 Å². The van der Waals surface area contributed by atoms with Crippen LogP contribution in [0.15, 0.2) is 66.9 Å². The minimum atomic E-state index is -5.08. The highest BCUT2D eigenvalue weighted by molar-refractivity contribution is 5.94. The van der Waals surface area contributed by atoms with E-state index >= 15 is 0 Å². The Morgan fingerprint density at radius 3 is 2.54 bits per heavy atom. The molecule has 1 amide bonds. The molecule has 2 heterocycles. The van der Waals surface area contributed by atoms with Crippen molar-refractivity contribution in [1.82, 2.24) is 10.3 Å². The molecule has 1 unspecified atom stereocenters. The van der Waals surface area contributed by atoms with E-state index in [-0.39, 0.29) is 12.0 Å². The minimum Gasteiger partial charge on any atom is -0.490 e. The smallest absolute Gasteiger partial charge is 0.490 e. The predicted molar refractivity (Wildman–Crippen MR) is 170 cm³/mol. The van der Waals surface area contributed by atoms with Gasteiger partial charge in [0.05, 0.1) is 12.7 Å². The molecule has 0 radical (unpaired) electrons. The second-order valence-electron chi connectivity index (χ2n) is 10.7. The SMILES string of the molecule is CCOc1cc(C(Nc2ccc3c(N)nccc3c2)C(=O)NCc2cccc3c2CCN3)ccc1OC(C)C.O=C(O)C(F)(F)F. The highest BCUT2D eigenvalue weighted by Crippen LogP contribution is 2.34. The van der Waals surface area contributed by atoms with Gasteiger partial charge < -0.3 is 36.3 Å². The average molecular weight is 640 g/mol. The first-order chi connectivity index (χ1) is 21.9. The van der Waals surface area contributed by atoms with Gasteiger partial charge in [-0.2, -0.15) is 13.2 Å². The molecule has 0 saturated heterocycles. The molecule has 0 bridgehead atoms. The number of amides is 1. The zero-order valence-electron chi connectivity index (χ0n) is 25.6. The third-order valence-corrected chi connectivity index (χ3v) is 6.99. The molecule has 3 aromatic carbocycles. The number of carbonyl (C=O) groups is 2. The second kappa shape index (κ2) is 14.7. The lowest BCUT2D eigenvalue weighted by atomic mass is 10.0. The van der Waals surface area contributed by atoms with Crippen molar-refractivity contribution in [1.29, 1.82) is 0 Å². The number of benzene rings is 3.